The smallest absolute Gasteiger partial charge is 0.239 e. The number of pyridine rings is 1. The molecule has 0 saturated heterocycles. The van der Waals surface area contributed by atoms with Crippen LogP contribution in [-0.4, -0.2) is 18.4 Å². The molecule has 0 saturated carbocycles. The number of fused-ring (bicyclic) bond motifs is 1. The molecular weight excluding hydrogens is 286 g/mol. The van der Waals surface area contributed by atoms with Crippen LogP contribution in [0.1, 0.15) is 11.1 Å². The van der Waals surface area contributed by atoms with Crippen molar-refractivity contribution in [3.63, 3.8) is 0 Å². The van der Waals surface area contributed by atoms with E-state index in [1.807, 2.05) is 6.07 Å². The van der Waals surface area contributed by atoms with E-state index in [1.165, 1.54) is 6.07 Å². The Balaban J connectivity index is 2.13. The van der Waals surface area contributed by atoms with Gasteiger partial charge in [0.15, 0.2) is 0 Å². The van der Waals surface area contributed by atoms with Gasteiger partial charge in [0.25, 0.3) is 0 Å². The average Bonchev–Trinajstić information content (AvgIpc) is 2.93. The minimum atomic E-state index is -3.79. The molecule has 0 aliphatic rings. The van der Waals surface area contributed by atoms with Crippen LogP contribution in [0.5, 0.6) is 0 Å². The van der Waals surface area contributed by atoms with Crippen molar-refractivity contribution in [2.75, 3.05) is 0 Å². The van der Waals surface area contributed by atoms with Crippen LogP contribution in [0, 0.1) is 11.8 Å². The van der Waals surface area contributed by atoms with Gasteiger partial charge in [0.1, 0.15) is 5.65 Å². The number of hydrogen-bond donors (Lipinski definition) is 2. The maximum Gasteiger partial charge on any atom is 0.239 e. The van der Waals surface area contributed by atoms with Gasteiger partial charge in [-0.15, -0.1) is 0 Å². The second-order valence-corrected chi connectivity index (χ2v) is 5.92. The van der Waals surface area contributed by atoms with Gasteiger partial charge in [0, 0.05) is 28.9 Å². The monoisotopic (exact) mass is 297 g/mol. The SMILES string of the molecule is NS(=O)(=O)c1ccccc1C#Cc1ccnc2[nH]ccc12. The Morgan fingerprint density at radius 1 is 1.05 bits per heavy atom. The third kappa shape index (κ3) is 2.65. The average molecular weight is 297 g/mol. The standard InChI is InChI=1S/C15H11N3O2S/c16-21(19,20)14-4-2-1-3-12(14)6-5-11-7-9-17-15-13(11)8-10-18-15/h1-4,7-10H,(H,17,18)(H2,16,19,20). The van der Waals surface area contributed by atoms with Gasteiger partial charge in [-0.05, 0) is 24.3 Å². The number of aromatic nitrogens is 2. The summed E-state index contributed by atoms with van der Waals surface area (Å²) in [6, 6.07) is 10.1. The van der Waals surface area contributed by atoms with Crippen molar-refractivity contribution in [1.82, 2.24) is 9.97 Å². The van der Waals surface area contributed by atoms with Gasteiger partial charge >= 0.3 is 0 Å². The largest absolute Gasteiger partial charge is 0.346 e. The van der Waals surface area contributed by atoms with Crippen molar-refractivity contribution in [2.45, 2.75) is 4.90 Å². The highest BCUT2D eigenvalue weighted by Crippen LogP contribution is 2.15. The van der Waals surface area contributed by atoms with Crippen LogP contribution in [-0.2, 0) is 10.0 Å². The molecule has 6 heteroatoms. The Labute approximate surface area is 121 Å². The highest BCUT2D eigenvalue weighted by atomic mass is 32.2. The third-order valence-electron chi connectivity index (χ3n) is 2.99. The van der Waals surface area contributed by atoms with E-state index in [2.05, 4.69) is 21.8 Å². The van der Waals surface area contributed by atoms with E-state index in [0.29, 0.717) is 5.56 Å². The van der Waals surface area contributed by atoms with Gasteiger partial charge in [0.05, 0.1) is 4.90 Å². The van der Waals surface area contributed by atoms with Crippen LogP contribution in [0.4, 0.5) is 0 Å². The number of rotatable bonds is 1. The number of nitrogens with one attached hydrogen (secondary N) is 1. The molecule has 0 aliphatic heterocycles. The van der Waals surface area contributed by atoms with Crippen LogP contribution in [0.25, 0.3) is 11.0 Å². The minimum Gasteiger partial charge on any atom is -0.346 e. The number of hydrogen-bond acceptors (Lipinski definition) is 3. The first-order valence-electron chi connectivity index (χ1n) is 6.12. The van der Waals surface area contributed by atoms with Crippen LogP contribution in [0.3, 0.4) is 0 Å². The van der Waals surface area contributed by atoms with Crippen LogP contribution in [0.2, 0.25) is 0 Å². The number of H-pyrrole nitrogens is 1. The van der Waals surface area contributed by atoms with Crippen molar-refractivity contribution in [1.29, 1.82) is 0 Å². The molecule has 21 heavy (non-hydrogen) atoms. The lowest BCUT2D eigenvalue weighted by molar-refractivity contribution is 0.597. The molecule has 1 aromatic carbocycles. The van der Waals surface area contributed by atoms with Crippen LogP contribution < -0.4 is 5.14 Å². The molecule has 3 aromatic rings. The summed E-state index contributed by atoms with van der Waals surface area (Å²) in [6.07, 6.45) is 3.43. The lowest BCUT2D eigenvalue weighted by Gasteiger charge is -2.00. The van der Waals surface area contributed by atoms with E-state index >= 15 is 0 Å². The van der Waals surface area contributed by atoms with Crippen molar-refractivity contribution >= 4 is 21.1 Å². The summed E-state index contributed by atoms with van der Waals surface area (Å²) in [5.41, 5.74) is 1.88. The molecule has 0 unspecified atom stereocenters. The van der Waals surface area contributed by atoms with E-state index in [9.17, 15) is 8.42 Å². The first kappa shape index (κ1) is 13.4. The van der Waals surface area contributed by atoms with E-state index in [4.69, 9.17) is 5.14 Å². The Kier molecular flexibility index (Phi) is 3.22. The summed E-state index contributed by atoms with van der Waals surface area (Å²) >= 11 is 0. The fraction of sp³-hybridized carbons (Fsp3) is 0. The van der Waals surface area contributed by atoms with Gasteiger partial charge in [-0.25, -0.2) is 18.5 Å². The fourth-order valence-electron chi connectivity index (χ4n) is 2.02. The van der Waals surface area contributed by atoms with Crippen LogP contribution >= 0.6 is 0 Å². The maximum atomic E-state index is 11.5. The summed E-state index contributed by atoms with van der Waals surface area (Å²) in [5.74, 6) is 5.84. The lowest BCUT2D eigenvalue weighted by atomic mass is 10.1. The molecule has 3 rings (SSSR count). The number of primary sulfonamides is 1. The second kappa shape index (κ2) is 5.05. The third-order valence-corrected chi connectivity index (χ3v) is 3.95. The maximum absolute atomic E-state index is 11.5. The van der Waals surface area contributed by atoms with Gasteiger partial charge in [-0.3, -0.25) is 0 Å². The second-order valence-electron chi connectivity index (χ2n) is 4.39. The summed E-state index contributed by atoms with van der Waals surface area (Å²) in [5, 5.41) is 6.08. The van der Waals surface area contributed by atoms with Gasteiger partial charge in [-0.1, -0.05) is 24.0 Å². The molecule has 0 amide bonds. The molecule has 2 heterocycles. The van der Waals surface area contributed by atoms with E-state index in [-0.39, 0.29) is 4.90 Å². The molecule has 5 nitrogen and oxygen atoms in total. The zero-order valence-corrected chi connectivity index (χ0v) is 11.7. The zero-order valence-electron chi connectivity index (χ0n) is 10.9. The van der Waals surface area contributed by atoms with E-state index in [0.717, 1.165) is 16.6 Å². The molecule has 0 spiro atoms. The molecule has 0 radical (unpaired) electrons. The first-order chi connectivity index (χ1) is 10.1. The summed E-state index contributed by atoms with van der Waals surface area (Å²) < 4.78 is 23.1. The predicted octanol–water partition coefficient (Wildman–Crippen LogP) is 1.61. The minimum absolute atomic E-state index is 0.0249. The Morgan fingerprint density at radius 2 is 1.81 bits per heavy atom. The number of benzene rings is 1. The van der Waals surface area contributed by atoms with Crippen molar-refractivity contribution in [3.05, 3.63) is 59.9 Å². The fourth-order valence-corrected chi connectivity index (χ4v) is 2.72. The highest BCUT2D eigenvalue weighted by Gasteiger charge is 2.11. The number of sulfonamides is 1. The van der Waals surface area contributed by atoms with Crippen LogP contribution in [0.15, 0.2) is 53.7 Å². The summed E-state index contributed by atoms with van der Waals surface area (Å²) in [7, 11) is -3.79. The molecule has 3 N–H and O–H groups in total. The zero-order chi connectivity index (χ0) is 14.9. The van der Waals surface area contributed by atoms with E-state index in [1.54, 1.807) is 36.7 Å². The molecule has 2 aromatic heterocycles. The Bertz CT molecular complexity index is 979. The number of nitrogens with two attached hydrogens (primary N) is 1. The molecule has 0 bridgehead atoms. The van der Waals surface area contributed by atoms with Gasteiger partial charge in [-0.2, -0.15) is 0 Å². The molecule has 0 fully saturated rings. The highest BCUT2D eigenvalue weighted by molar-refractivity contribution is 7.89. The normalized spacial score (nSPS) is 11.1. The van der Waals surface area contributed by atoms with Gasteiger partial charge < -0.3 is 4.98 Å². The van der Waals surface area contributed by atoms with Gasteiger partial charge in [0.2, 0.25) is 10.0 Å². The Hall–Kier alpha value is -2.62. The predicted molar refractivity (Wildman–Crippen MR) is 79.9 cm³/mol. The number of aromatic amines is 1. The topological polar surface area (TPSA) is 88.8 Å². The molecule has 0 atom stereocenters. The van der Waals surface area contributed by atoms with Crippen molar-refractivity contribution < 1.29 is 8.42 Å². The Morgan fingerprint density at radius 3 is 2.62 bits per heavy atom. The van der Waals surface area contributed by atoms with Crippen molar-refractivity contribution in [2.24, 2.45) is 5.14 Å². The summed E-state index contributed by atoms with van der Waals surface area (Å²) in [4.78, 5) is 7.20. The molecule has 0 aliphatic carbocycles. The summed E-state index contributed by atoms with van der Waals surface area (Å²) in [6.45, 7) is 0. The molecule has 104 valence electrons. The number of nitrogens with zero attached hydrogens (tertiary/aromatic N) is 1. The molecular formula is C15H11N3O2S. The first-order valence-corrected chi connectivity index (χ1v) is 7.66. The quantitative estimate of drug-likeness (QED) is 0.669. The van der Waals surface area contributed by atoms with E-state index < -0.39 is 10.0 Å². The van der Waals surface area contributed by atoms with Crippen molar-refractivity contribution in [3.8, 4) is 11.8 Å². The lowest BCUT2D eigenvalue weighted by Crippen LogP contribution is -2.13.